The van der Waals surface area contributed by atoms with Crippen molar-refractivity contribution in [2.45, 2.75) is 18.9 Å². The van der Waals surface area contributed by atoms with E-state index >= 15 is 0 Å². The first-order valence-corrected chi connectivity index (χ1v) is 8.56. The standard InChI is InChI=1S/C17H19N3O7/c21-9-12-10-27-7-6-18(12)15(22)2-1-5-19-16(23)13-4-3-11(20(25)26)8-14(13)17(19)24/h3-4,8,12,21H,1-2,5-7,9-10H2. The highest BCUT2D eigenvalue weighted by Gasteiger charge is 2.36. The molecule has 0 aromatic heterocycles. The van der Waals surface area contributed by atoms with E-state index in [2.05, 4.69) is 0 Å². The maximum Gasteiger partial charge on any atom is 0.270 e. The second-order valence-electron chi connectivity index (χ2n) is 6.35. The summed E-state index contributed by atoms with van der Waals surface area (Å²) in [5, 5.41) is 20.2. The lowest BCUT2D eigenvalue weighted by Crippen LogP contribution is -2.50. The highest BCUT2D eigenvalue weighted by Crippen LogP contribution is 2.27. The number of hydrogen-bond donors (Lipinski definition) is 1. The van der Waals surface area contributed by atoms with E-state index in [1.807, 2.05) is 0 Å². The lowest BCUT2D eigenvalue weighted by atomic mass is 10.1. The second-order valence-corrected chi connectivity index (χ2v) is 6.35. The smallest absolute Gasteiger partial charge is 0.270 e. The van der Waals surface area contributed by atoms with E-state index in [-0.39, 0.29) is 61.4 Å². The van der Waals surface area contributed by atoms with Crippen LogP contribution in [-0.4, -0.2) is 76.5 Å². The van der Waals surface area contributed by atoms with Crippen LogP contribution in [0, 0.1) is 10.1 Å². The minimum absolute atomic E-state index is 0.00838. The van der Waals surface area contributed by atoms with Gasteiger partial charge in [-0.05, 0) is 12.5 Å². The number of nitrogens with zero attached hydrogens (tertiary/aromatic N) is 3. The first kappa shape index (κ1) is 18.9. The van der Waals surface area contributed by atoms with Crippen molar-refractivity contribution in [2.24, 2.45) is 0 Å². The van der Waals surface area contributed by atoms with Crippen LogP contribution in [0.3, 0.4) is 0 Å². The van der Waals surface area contributed by atoms with Crippen LogP contribution in [0.4, 0.5) is 5.69 Å². The number of imide groups is 1. The SMILES string of the molecule is O=C1c2ccc([N+](=O)[O-])cc2C(=O)N1CCCC(=O)N1CCOCC1CO. The zero-order chi connectivity index (χ0) is 19.6. The van der Waals surface area contributed by atoms with Gasteiger partial charge in [-0.2, -0.15) is 0 Å². The molecule has 0 saturated carbocycles. The van der Waals surface area contributed by atoms with Gasteiger partial charge in [0.25, 0.3) is 17.5 Å². The quantitative estimate of drug-likeness (QED) is 0.425. The van der Waals surface area contributed by atoms with Gasteiger partial charge in [0.15, 0.2) is 0 Å². The molecule has 0 spiro atoms. The molecule has 1 fully saturated rings. The normalized spacial score (nSPS) is 19.4. The number of hydrogen-bond acceptors (Lipinski definition) is 7. The van der Waals surface area contributed by atoms with Gasteiger partial charge in [0.05, 0.1) is 41.9 Å². The Bertz CT molecular complexity index is 795. The number of amides is 3. The Hall–Kier alpha value is -2.85. The van der Waals surface area contributed by atoms with E-state index in [4.69, 9.17) is 4.74 Å². The first-order chi connectivity index (χ1) is 12.9. The molecule has 0 aliphatic carbocycles. The molecule has 2 heterocycles. The van der Waals surface area contributed by atoms with Gasteiger partial charge >= 0.3 is 0 Å². The zero-order valence-electron chi connectivity index (χ0n) is 14.5. The molecule has 144 valence electrons. The molecule has 1 atom stereocenters. The Morgan fingerprint density at radius 2 is 2.04 bits per heavy atom. The second kappa shape index (κ2) is 7.80. The number of carbonyl (C=O) groups is 3. The van der Waals surface area contributed by atoms with Crippen molar-refractivity contribution in [3.63, 3.8) is 0 Å². The van der Waals surface area contributed by atoms with Gasteiger partial charge in [0.2, 0.25) is 5.91 Å². The third-order valence-electron chi connectivity index (χ3n) is 4.70. The van der Waals surface area contributed by atoms with Gasteiger partial charge in [0, 0.05) is 31.6 Å². The molecule has 10 heteroatoms. The molecule has 2 aliphatic rings. The molecule has 1 saturated heterocycles. The molecular weight excluding hydrogens is 358 g/mol. The van der Waals surface area contributed by atoms with Crippen molar-refractivity contribution in [3.8, 4) is 0 Å². The lowest BCUT2D eigenvalue weighted by molar-refractivity contribution is -0.384. The maximum absolute atomic E-state index is 12.4. The van der Waals surface area contributed by atoms with E-state index in [0.717, 1.165) is 11.0 Å². The van der Waals surface area contributed by atoms with E-state index < -0.39 is 16.7 Å². The fourth-order valence-electron chi connectivity index (χ4n) is 3.26. The molecule has 3 rings (SSSR count). The van der Waals surface area contributed by atoms with Crippen LogP contribution in [0.2, 0.25) is 0 Å². The summed E-state index contributed by atoms with van der Waals surface area (Å²) in [6, 6.07) is 3.18. The number of nitro benzene ring substituents is 1. The molecule has 0 bridgehead atoms. The van der Waals surface area contributed by atoms with E-state index in [1.165, 1.54) is 12.1 Å². The lowest BCUT2D eigenvalue weighted by Gasteiger charge is -2.34. The van der Waals surface area contributed by atoms with Crippen molar-refractivity contribution in [1.29, 1.82) is 0 Å². The molecule has 0 radical (unpaired) electrons. The number of fused-ring (bicyclic) bond motifs is 1. The highest BCUT2D eigenvalue weighted by atomic mass is 16.6. The summed E-state index contributed by atoms with van der Waals surface area (Å²) in [6.45, 7) is 0.919. The molecule has 27 heavy (non-hydrogen) atoms. The minimum Gasteiger partial charge on any atom is -0.394 e. The molecule has 10 nitrogen and oxygen atoms in total. The van der Waals surface area contributed by atoms with Crippen molar-refractivity contribution < 1.29 is 29.2 Å². The Morgan fingerprint density at radius 3 is 2.74 bits per heavy atom. The van der Waals surface area contributed by atoms with Crippen LogP contribution >= 0.6 is 0 Å². The van der Waals surface area contributed by atoms with Crippen LogP contribution < -0.4 is 0 Å². The van der Waals surface area contributed by atoms with Crippen LogP contribution in [-0.2, 0) is 9.53 Å². The highest BCUT2D eigenvalue weighted by molar-refractivity contribution is 6.21. The summed E-state index contributed by atoms with van der Waals surface area (Å²) < 4.78 is 5.23. The molecule has 1 aromatic rings. The first-order valence-electron chi connectivity index (χ1n) is 8.56. The third-order valence-corrected chi connectivity index (χ3v) is 4.70. The van der Waals surface area contributed by atoms with Crippen LogP contribution in [0.5, 0.6) is 0 Å². The van der Waals surface area contributed by atoms with Gasteiger partial charge in [-0.25, -0.2) is 0 Å². The number of rotatable bonds is 6. The largest absolute Gasteiger partial charge is 0.394 e. The topological polar surface area (TPSA) is 130 Å². The van der Waals surface area contributed by atoms with Crippen LogP contribution in [0.25, 0.3) is 0 Å². The van der Waals surface area contributed by atoms with Crippen molar-refractivity contribution in [1.82, 2.24) is 9.80 Å². The summed E-state index contributed by atoms with van der Waals surface area (Å²) in [7, 11) is 0. The van der Waals surface area contributed by atoms with E-state index in [1.54, 1.807) is 4.90 Å². The van der Waals surface area contributed by atoms with E-state index in [9.17, 15) is 29.6 Å². The number of aliphatic hydroxyl groups is 1. The Balaban J connectivity index is 1.60. The van der Waals surface area contributed by atoms with Crippen LogP contribution in [0.1, 0.15) is 33.6 Å². The molecule has 1 unspecified atom stereocenters. The molecule has 3 amide bonds. The van der Waals surface area contributed by atoms with E-state index in [0.29, 0.717) is 13.2 Å². The number of carbonyl (C=O) groups excluding carboxylic acids is 3. The average molecular weight is 377 g/mol. The fraction of sp³-hybridized carbons (Fsp3) is 0.471. The monoisotopic (exact) mass is 377 g/mol. The molecule has 1 aromatic carbocycles. The Kier molecular flexibility index (Phi) is 5.47. The predicted octanol–water partition coefficient (Wildman–Crippen LogP) is 0.191. The zero-order valence-corrected chi connectivity index (χ0v) is 14.5. The van der Waals surface area contributed by atoms with Gasteiger partial charge in [-0.3, -0.25) is 29.4 Å². The number of morpholine rings is 1. The maximum atomic E-state index is 12.4. The van der Waals surface area contributed by atoms with Crippen molar-refractivity contribution in [3.05, 3.63) is 39.4 Å². The molecule has 1 N–H and O–H groups in total. The van der Waals surface area contributed by atoms with Crippen molar-refractivity contribution in [2.75, 3.05) is 32.9 Å². The van der Waals surface area contributed by atoms with Gasteiger partial charge in [0.1, 0.15) is 0 Å². The fourth-order valence-corrected chi connectivity index (χ4v) is 3.26. The van der Waals surface area contributed by atoms with Crippen LogP contribution in [0.15, 0.2) is 18.2 Å². The number of ether oxygens (including phenoxy) is 1. The molecular formula is C17H19N3O7. The van der Waals surface area contributed by atoms with Gasteiger partial charge < -0.3 is 14.7 Å². The number of benzene rings is 1. The van der Waals surface area contributed by atoms with Crippen molar-refractivity contribution >= 4 is 23.4 Å². The average Bonchev–Trinajstić information content (AvgIpc) is 2.92. The third kappa shape index (κ3) is 3.67. The molecule has 2 aliphatic heterocycles. The number of nitro groups is 1. The predicted molar refractivity (Wildman–Crippen MR) is 91.1 cm³/mol. The number of non-ortho nitro benzene ring substituents is 1. The Labute approximate surface area is 154 Å². The minimum atomic E-state index is -0.626. The number of aliphatic hydroxyl groups excluding tert-OH is 1. The summed E-state index contributed by atoms with van der Waals surface area (Å²) in [5.74, 6) is -1.28. The summed E-state index contributed by atoms with van der Waals surface area (Å²) >= 11 is 0. The summed E-state index contributed by atoms with van der Waals surface area (Å²) in [6.07, 6.45) is 0.381. The van der Waals surface area contributed by atoms with Gasteiger partial charge in [-0.1, -0.05) is 0 Å². The Morgan fingerprint density at radius 1 is 1.30 bits per heavy atom. The van der Waals surface area contributed by atoms with Gasteiger partial charge in [-0.15, -0.1) is 0 Å². The summed E-state index contributed by atoms with van der Waals surface area (Å²) in [5.41, 5.74) is -0.117. The summed E-state index contributed by atoms with van der Waals surface area (Å²) in [4.78, 5) is 49.9.